The molecule has 0 spiro atoms. The summed E-state index contributed by atoms with van der Waals surface area (Å²) >= 11 is 5.74. The molecular formula is C10H13ClN2O4S2. The van der Waals surface area contributed by atoms with Crippen molar-refractivity contribution >= 4 is 37.1 Å². The molecule has 2 rings (SSSR count). The Morgan fingerprint density at radius 3 is 2.63 bits per heavy atom. The van der Waals surface area contributed by atoms with E-state index >= 15 is 0 Å². The van der Waals surface area contributed by atoms with Crippen molar-refractivity contribution in [2.24, 2.45) is 0 Å². The Bertz CT molecular complexity index is 700. The summed E-state index contributed by atoms with van der Waals surface area (Å²) in [5.41, 5.74) is 5.67. The quantitative estimate of drug-likeness (QED) is 0.782. The Balaban J connectivity index is 2.26. The van der Waals surface area contributed by atoms with Crippen LogP contribution in [0.5, 0.6) is 0 Å². The lowest BCUT2D eigenvalue weighted by atomic mass is 10.3. The molecule has 1 unspecified atom stereocenters. The van der Waals surface area contributed by atoms with Gasteiger partial charge in [-0.1, -0.05) is 11.6 Å². The first-order chi connectivity index (χ1) is 8.70. The van der Waals surface area contributed by atoms with Crippen LogP contribution in [0.15, 0.2) is 23.1 Å². The second-order valence-corrected chi connectivity index (χ2v) is 8.75. The van der Waals surface area contributed by atoms with E-state index in [0.717, 1.165) is 0 Å². The lowest BCUT2D eigenvalue weighted by molar-refractivity contribution is 0.563. The highest BCUT2D eigenvalue weighted by Crippen LogP contribution is 2.23. The van der Waals surface area contributed by atoms with Crippen molar-refractivity contribution in [1.82, 2.24) is 4.72 Å². The molecule has 1 saturated heterocycles. The van der Waals surface area contributed by atoms with Gasteiger partial charge in [0.15, 0.2) is 9.84 Å². The average Bonchev–Trinajstić information content (AvgIpc) is 2.60. The highest BCUT2D eigenvalue weighted by molar-refractivity contribution is 7.92. The molecule has 106 valence electrons. The highest BCUT2D eigenvalue weighted by atomic mass is 35.5. The van der Waals surface area contributed by atoms with Crippen molar-refractivity contribution in [2.75, 3.05) is 17.2 Å². The summed E-state index contributed by atoms with van der Waals surface area (Å²) in [5, 5.41) is 0.244. The fourth-order valence-corrected chi connectivity index (χ4v) is 5.35. The van der Waals surface area contributed by atoms with Gasteiger partial charge >= 0.3 is 0 Å². The first-order valence-corrected chi connectivity index (χ1v) is 9.16. The number of anilines is 1. The van der Waals surface area contributed by atoms with Crippen LogP contribution in [-0.4, -0.2) is 34.4 Å². The molecule has 1 fully saturated rings. The molecule has 1 atom stereocenters. The lowest BCUT2D eigenvalue weighted by Gasteiger charge is -2.13. The largest absolute Gasteiger partial charge is 0.398 e. The maximum atomic E-state index is 12.1. The Morgan fingerprint density at radius 2 is 2.05 bits per heavy atom. The fourth-order valence-electron chi connectivity index (χ4n) is 1.91. The molecule has 19 heavy (non-hydrogen) atoms. The molecule has 0 radical (unpaired) electrons. The first kappa shape index (κ1) is 14.6. The van der Waals surface area contributed by atoms with Crippen LogP contribution in [-0.2, 0) is 19.9 Å². The monoisotopic (exact) mass is 324 g/mol. The summed E-state index contributed by atoms with van der Waals surface area (Å²) in [6.07, 6.45) is 0.266. The number of sulfonamides is 1. The normalized spacial score (nSPS) is 22.5. The number of nitrogens with two attached hydrogens (primary N) is 1. The van der Waals surface area contributed by atoms with Gasteiger partial charge in [-0.15, -0.1) is 0 Å². The third-order valence-electron chi connectivity index (χ3n) is 2.82. The lowest BCUT2D eigenvalue weighted by Crippen LogP contribution is -2.35. The molecule has 0 bridgehead atoms. The van der Waals surface area contributed by atoms with Crippen LogP contribution in [0.25, 0.3) is 0 Å². The predicted octanol–water partition coefficient (Wildman–Crippen LogP) is 0.388. The molecule has 1 aromatic rings. The Labute approximate surface area is 116 Å². The maximum Gasteiger partial charge on any atom is 0.242 e. The van der Waals surface area contributed by atoms with E-state index in [0.29, 0.717) is 0 Å². The van der Waals surface area contributed by atoms with E-state index in [1.165, 1.54) is 18.2 Å². The number of hydrogen-bond donors (Lipinski definition) is 2. The van der Waals surface area contributed by atoms with Crippen LogP contribution in [0.4, 0.5) is 5.69 Å². The standard InChI is InChI=1S/C10H13ClN2O4S2/c11-7-1-2-9(12)10(5-7)19(16,17)13-8-3-4-18(14,15)6-8/h1-2,5,8,13H,3-4,6,12H2. The first-order valence-electron chi connectivity index (χ1n) is 5.47. The molecule has 9 heteroatoms. The van der Waals surface area contributed by atoms with Crippen LogP contribution in [0.3, 0.4) is 0 Å². The molecule has 0 aliphatic carbocycles. The molecular weight excluding hydrogens is 312 g/mol. The van der Waals surface area contributed by atoms with Crippen molar-refractivity contribution < 1.29 is 16.8 Å². The van der Waals surface area contributed by atoms with Crippen molar-refractivity contribution in [1.29, 1.82) is 0 Å². The highest BCUT2D eigenvalue weighted by Gasteiger charge is 2.32. The zero-order valence-corrected chi connectivity index (χ0v) is 12.2. The van der Waals surface area contributed by atoms with Crippen LogP contribution in [0.2, 0.25) is 5.02 Å². The minimum atomic E-state index is -3.87. The third kappa shape index (κ3) is 3.38. The second-order valence-electron chi connectivity index (χ2n) is 4.40. The summed E-state index contributed by atoms with van der Waals surface area (Å²) < 4.78 is 49.2. The van der Waals surface area contributed by atoms with Gasteiger partial charge in [0.05, 0.1) is 17.2 Å². The molecule has 0 amide bonds. The second kappa shape index (κ2) is 4.93. The minimum Gasteiger partial charge on any atom is -0.398 e. The number of nitrogen functional groups attached to an aromatic ring is 1. The predicted molar refractivity (Wildman–Crippen MR) is 73.2 cm³/mol. The van der Waals surface area contributed by atoms with Gasteiger partial charge in [0, 0.05) is 11.1 Å². The number of benzene rings is 1. The SMILES string of the molecule is Nc1ccc(Cl)cc1S(=O)(=O)NC1CCS(=O)(=O)C1. The molecule has 3 N–H and O–H groups in total. The van der Waals surface area contributed by atoms with E-state index in [4.69, 9.17) is 17.3 Å². The van der Waals surface area contributed by atoms with E-state index in [2.05, 4.69) is 4.72 Å². The Hall–Kier alpha value is -0.830. The molecule has 1 aliphatic heterocycles. The van der Waals surface area contributed by atoms with Gasteiger partial charge in [0.25, 0.3) is 0 Å². The molecule has 0 saturated carbocycles. The van der Waals surface area contributed by atoms with Gasteiger partial charge in [0.2, 0.25) is 10.0 Å². The van der Waals surface area contributed by atoms with Gasteiger partial charge in [-0.2, -0.15) is 0 Å². The van der Waals surface area contributed by atoms with Gasteiger partial charge in [0.1, 0.15) is 4.90 Å². The summed E-state index contributed by atoms with van der Waals surface area (Å²) in [6, 6.07) is 3.49. The summed E-state index contributed by atoms with van der Waals surface area (Å²) in [6.45, 7) is 0. The van der Waals surface area contributed by atoms with Gasteiger partial charge < -0.3 is 5.73 Å². The molecule has 6 nitrogen and oxygen atoms in total. The average molecular weight is 325 g/mol. The van der Waals surface area contributed by atoms with Gasteiger partial charge in [-0.25, -0.2) is 21.6 Å². The van der Waals surface area contributed by atoms with E-state index in [1.807, 2.05) is 0 Å². The molecule has 0 aromatic heterocycles. The van der Waals surface area contributed by atoms with E-state index in [-0.39, 0.29) is 33.5 Å². The van der Waals surface area contributed by atoms with Gasteiger partial charge in [-0.05, 0) is 24.6 Å². The van der Waals surface area contributed by atoms with E-state index in [9.17, 15) is 16.8 Å². The zero-order chi connectivity index (χ0) is 14.3. The Morgan fingerprint density at radius 1 is 1.37 bits per heavy atom. The topological polar surface area (TPSA) is 106 Å². The number of nitrogens with one attached hydrogen (secondary N) is 1. The van der Waals surface area contributed by atoms with Crippen LogP contribution < -0.4 is 10.5 Å². The van der Waals surface area contributed by atoms with E-state index in [1.54, 1.807) is 0 Å². The minimum absolute atomic E-state index is 0.00872. The van der Waals surface area contributed by atoms with Crippen molar-refractivity contribution in [3.63, 3.8) is 0 Å². The summed E-state index contributed by atoms with van der Waals surface area (Å²) in [4.78, 5) is -0.135. The van der Waals surface area contributed by atoms with Crippen LogP contribution in [0, 0.1) is 0 Å². The van der Waals surface area contributed by atoms with Crippen LogP contribution in [0.1, 0.15) is 6.42 Å². The fraction of sp³-hybridized carbons (Fsp3) is 0.400. The molecule has 1 aliphatic rings. The zero-order valence-electron chi connectivity index (χ0n) is 9.84. The third-order valence-corrected chi connectivity index (χ3v) is 6.40. The maximum absolute atomic E-state index is 12.1. The molecule has 1 heterocycles. The number of rotatable bonds is 3. The van der Waals surface area contributed by atoms with Crippen molar-refractivity contribution in [3.05, 3.63) is 23.2 Å². The summed E-state index contributed by atoms with van der Waals surface area (Å²) in [5.74, 6) is -0.197. The van der Waals surface area contributed by atoms with Gasteiger partial charge in [-0.3, -0.25) is 0 Å². The number of sulfone groups is 1. The number of halogens is 1. The molecule has 1 aromatic carbocycles. The van der Waals surface area contributed by atoms with E-state index < -0.39 is 25.9 Å². The van der Waals surface area contributed by atoms with Crippen molar-refractivity contribution in [3.8, 4) is 0 Å². The smallest absolute Gasteiger partial charge is 0.242 e. The summed E-state index contributed by atoms with van der Waals surface area (Å²) in [7, 11) is -7.02. The number of hydrogen-bond acceptors (Lipinski definition) is 5. The Kier molecular flexibility index (Phi) is 3.78. The van der Waals surface area contributed by atoms with Crippen molar-refractivity contribution in [2.45, 2.75) is 17.4 Å². The van der Waals surface area contributed by atoms with Crippen LogP contribution >= 0.6 is 11.6 Å².